The molecule has 1 fully saturated rings. The van der Waals surface area contributed by atoms with Crippen molar-refractivity contribution in [2.24, 2.45) is 5.73 Å². The van der Waals surface area contributed by atoms with Gasteiger partial charge in [-0.25, -0.2) is 4.68 Å². The average Bonchev–Trinajstić information content (AvgIpc) is 3.23. The molecule has 0 spiro atoms. The van der Waals surface area contributed by atoms with E-state index < -0.39 is 0 Å². The Morgan fingerprint density at radius 2 is 2.04 bits per heavy atom. The van der Waals surface area contributed by atoms with Crippen LogP contribution in [0.1, 0.15) is 37.3 Å². The van der Waals surface area contributed by atoms with Crippen molar-refractivity contribution >= 4 is 24.0 Å². The van der Waals surface area contributed by atoms with Gasteiger partial charge in [0.05, 0.1) is 6.04 Å². The molecular formula is C18H21Cl2N7O. The second-order valence-corrected chi connectivity index (χ2v) is 7.40. The molecule has 148 valence electrons. The number of hydrogen-bond donors (Lipinski definition) is 2. The Labute approximate surface area is 172 Å². The molecule has 0 atom stereocenters. The van der Waals surface area contributed by atoms with Crippen molar-refractivity contribution < 1.29 is 0 Å². The van der Waals surface area contributed by atoms with Crippen molar-refractivity contribution in [1.82, 2.24) is 30.4 Å². The summed E-state index contributed by atoms with van der Waals surface area (Å²) in [7, 11) is 0. The van der Waals surface area contributed by atoms with Crippen molar-refractivity contribution in [1.29, 1.82) is 0 Å². The molecule has 3 aromatic rings. The lowest BCUT2D eigenvalue weighted by Crippen LogP contribution is -2.41. The molecule has 28 heavy (non-hydrogen) atoms. The fourth-order valence-corrected chi connectivity index (χ4v) is 4.10. The first-order valence-corrected chi connectivity index (χ1v) is 9.29. The van der Waals surface area contributed by atoms with E-state index >= 15 is 0 Å². The number of hydrogen-bond acceptors (Lipinski definition) is 6. The summed E-state index contributed by atoms with van der Waals surface area (Å²) in [6.07, 6.45) is 3.36. The zero-order valence-corrected chi connectivity index (χ0v) is 16.7. The van der Waals surface area contributed by atoms with E-state index in [4.69, 9.17) is 17.3 Å². The lowest BCUT2D eigenvalue weighted by atomic mass is 9.68. The molecule has 0 bridgehead atoms. The number of halogens is 2. The minimum atomic E-state index is -0.129. The van der Waals surface area contributed by atoms with Crippen LogP contribution < -0.4 is 11.3 Å². The molecule has 1 aliphatic rings. The lowest BCUT2D eigenvalue weighted by molar-refractivity contribution is 0.222. The maximum absolute atomic E-state index is 12.4. The van der Waals surface area contributed by atoms with Crippen molar-refractivity contribution in [2.75, 3.05) is 6.54 Å². The highest BCUT2D eigenvalue weighted by atomic mass is 35.5. The minimum Gasteiger partial charge on any atom is -0.330 e. The zero-order chi connectivity index (χ0) is 18.9. The van der Waals surface area contributed by atoms with Gasteiger partial charge in [0.1, 0.15) is 5.69 Å². The fraction of sp³-hybridized carbons (Fsp3) is 0.389. The molecule has 1 aliphatic carbocycles. The van der Waals surface area contributed by atoms with Crippen LogP contribution >= 0.6 is 24.0 Å². The Morgan fingerprint density at radius 1 is 1.25 bits per heavy atom. The number of nitrogens with one attached hydrogen (secondary N) is 1. The highest BCUT2D eigenvalue weighted by molar-refractivity contribution is 6.30. The molecule has 0 radical (unpaired) electrons. The normalized spacial score (nSPS) is 21.9. The van der Waals surface area contributed by atoms with Crippen LogP contribution in [-0.2, 0) is 5.41 Å². The topological polar surface area (TPSA) is 115 Å². The molecule has 2 aromatic heterocycles. The molecule has 1 aromatic carbocycles. The monoisotopic (exact) mass is 421 g/mol. The second-order valence-electron chi connectivity index (χ2n) is 6.96. The standard InChI is InChI=1S/C18H20ClN7O.ClH/c19-13-3-1-2-12(10-13)18(11-20)8-6-14(7-9-18)26-16(27)5-4-15(23-26)17-21-24-25-22-17;/h1-5,10,14H,6-9,11,20H2,(H,21,22,24,25);1H. The van der Waals surface area contributed by atoms with E-state index in [-0.39, 0.29) is 29.4 Å². The third kappa shape index (κ3) is 3.80. The molecule has 2 heterocycles. The number of aromatic nitrogens is 6. The number of aromatic amines is 1. The van der Waals surface area contributed by atoms with Crippen molar-refractivity contribution in [3.63, 3.8) is 0 Å². The Balaban J connectivity index is 0.00000225. The van der Waals surface area contributed by atoms with E-state index in [1.165, 1.54) is 6.07 Å². The predicted molar refractivity (Wildman–Crippen MR) is 109 cm³/mol. The Kier molecular flexibility index (Phi) is 6.12. The van der Waals surface area contributed by atoms with Crippen LogP contribution in [0.25, 0.3) is 11.5 Å². The smallest absolute Gasteiger partial charge is 0.267 e. The maximum Gasteiger partial charge on any atom is 0.267 e. The molecule has 3 N–H and O–H groups in total. The summed E-state index contributed by atoms with van der Waals surface area (Å²) in [6.45, 7) is 0.547. The Bertz CT molecular complexity index is 982. The molecule has 8 nitrogen and oxygen atoms in total. The molecule has 10 heteroatoms. The number of tetrazole rings is 1. The maximum atomic E-state index is 12.4. The van der Waals surface area contributed by atoms with Gasteiger partial charge in [0, 0.05) is 23.0 Å². The van der Waals surface area contributed by atoms with Gasteiger partial charge in [-0.2, -0.15) is 10.3 Å². The molecular weight excluding hydrogens is 401 g/mol. The van der Waals surface area contributed by atoms with Gasteiger partial charge in [-0.05, 0) is 54.7 Å². The van der Waals surface area contributed by atoms with Crippen LogP contribution in [-0.4, -0.2) is 36.9 Å². The SMILES string of the molecule is Cl.NCC1(c2cccc(Cl)c2)CCC(n2nc(-c3nn[nH]n3)ccc2=O)CC1. The number of H-pyrrole nitrogens is 1. The fourth-order valence-electron chi connectivity index (χ4n) is 3.91. The summed E-state index contributed by atoms with van der Waals surface area (Å²) in [6, 6.07) is 11.0. The van der Waals surface area contributed by atoms with Crippen LogP contribution in [0.5, 0.6) is 0 Å². The lowest BCUT2D eigenvalue weighted by Gasteiger charge is -2.40. The molecule has 0 unspecified atom stereocenters. The molecule has 0 saturated heterocycles. The van der Waals surface area contributed by atoms with Crippen LogP contribution in [0.3, 0.4) is 0 Å². The highest BCUT2D eigenvalue weighted by Gasteiger charge is 2.37. The third-order valence-electron chi connectivity index (χ3n) is 5.49. The summed E-state index contributed by atoms with van der Waals surface area (Å²) in [5.74, 6) is 0.370. The molecule has 0 aliphatic heterocycles. The first-order chi connectivity index (χ1) is 13.1. The Hall–Kier alpha value is -2.29. The van der Waals surface area contributed by atoms with E-state index in [0.29, 0.717) is 23.1 Å². The predicted octanol–water partition coefficient (Wildman–Crippen LogP) is 2.51. The largest absolute Gasteiger partial charge is 0.330 e. The molecule has 4 rings (SSSR count). The van der Waals surface area contributed by atoms with Gasteiger partial charge in [0.25, 0.3) is 5.56 Å². The van der Waals surface area contributed by atoms with Crippen LogP contribution in [0, 0.1) is 0 Å². The van der Waals surface area contributed by atoms with E-state index in [2.05, 4.69) is 31.8 Å². The van der Waals surface area contributed by atoms with E-state index in [0.717, 1.165) is 31.2 Å². The van der Waals surface area contributed by atoms with Crippen molar-refractivity contribution in [2.45, 2.75) is 37.1 Å². The van der Waals surface area contributed by atoms with Gasteiger partial charge in [0.2, 0.25) is 5.82 Å². The minimum absolute atomic E-state index is 0. The Morgan fingerprint density at radius 3 is 2.68 bits per heavy atom. The zero-order valence-electron chi connectivity index (χ0n) is 15.1. The third-order valence-corrected chi connectivity index (χ3v) is 5.72. The van der Waals surface area contributed by atoms with Gasteiger partial charge in [-0.3, -0.25) is 4.79 Å². The quantitative estimate of drug-likeness (QED) is 0.668. The van der Waals surface area contributed by atoms with Gasteiger partial charge >= 0.3 is 0 Å². The van der Waals surface area contributed by atoms with Crippen LogP contribution in [0.15, 0.2) is 41.2 Å². The molecule has 0 amide bonds. The number of rotatable bonds is 4. The first kappa shape index (κ1) is 20.4. The average molecular weight is 422 g/mol. The van der Waals surface area contributed by atoms with Gasteiger partial charge in [-0.15, -0.1) is 22.6 Å². The number of benzene rings is 1. The van der Waals surface area contributed by atoms with Crippen molar-refractivity contribution in [3.05, 3.63) is 57.3 Å². The second kappa shape index (κ2) is 8.38. The number of nitrogens with two attached hydrogens (primary N) is 1. The van der Waals surface area contributed by atoms with Gasteiger partial charge in [0.15, 0.2) is 0 Å². The van der Waals surface area contributed by atoms with Gasteiger partial charge in [-0.1, -0.05) is 23.7 Å². The van der Waals surface area contributed by atoms with Crippen molar-refractivity contribution in [3.8, 4) is 11.5 Å². The molecule has 1 saturated carbocycles. The van der Waals surface area contributed by atoms with Crippen LogP contribution in [0.4, 0.5) is 0 Å². The van der Waals surface area contributed by atoms with E-state index in [9.17, 15) is 4.79 Å². The van der Waals surface area contributed by atoms with E-state index in [1.54, 1.807) is 10.7 Å². The van der Waals surface area contributed by atoms with E-state index in [1.807, 2.05) is 18.2 Å². The van der Waals surface area contributed by atoms with Gasteiger partial charge < -0.3 is 5.73 Å². The first-order valence-electron chi connectivity index (χ1n) is 8.91. The summed E-state index contributed by atoms with van der Waals surface area (Å²) < 4.78 is 1.55. The number of nitrogens with zero attached hydrogens (tertiary/aromatic N) is 5. The highest BCUT2D eigenvalue weighted by Crippen LogP contribution is 2.42. The summed E-state index contributed by atoms with van der Waals surface area (Å²) in [4.78, 5) is 12.4. The summed E-state index contributed by atoms with van der Waals surface area (Å²) >= 11 is 6.18. The summed E-state index contributed by atoms with van der Waals surface area (Å²) in [5, 5.41) is 19.0. The van der Waals surface area contributed by atoms with Crippen LogP contribution in [0.2, 0.25) is 5.02 Å². The summed E-state index contributed by atoms with van der Waals surface area (Å²) in [5.41, 5.74) is 7.61.